The highest BCUT2D eigenvalue weighted by atomic mass is 32.1. The number of anilines is 6. The van der Waals surface area contributed by atoms with E-state index in [9.17, 15) is 0 Å². The Kier molecular flexibility index (Phi) is 4.50. The molecule has 5 nitrogen and oxygen atoms in total. The minimum absolute atomic E-state index is 0.132. The maximum Gasteiger partial charge on any atom is 0.286 e. The zero-order chi connectivity index (χ0) is 38.5. The van der Waals surface area contributed by atoms with E-state index in [1.165, 1.54) is 4.78 Å². The monoisotopic (exact) mass is 698 g/mol. The molecule has 0 atom stereocenters. The van der Waals surface area contributed by atoms with Crippen molar-refractivity contribution in [1.29, 1.82) is 0 Å². The lowest BCUT2D eigenvalue weighted by atomic mass is 9.34. The summed E-state index contributed by atoms with van der Waals surface area (Å²) in [5.74, 6) is 2.03. The molecule has 0 radical (unpaired) electrons. The number of ether oxygens (including phenoxy) is 2. The van der Waals surface area contributed by atoms with Gasteiger partial charge in [0.25, 0.3) is 19.4 Å². The SMILES string of the molecule is [2H]C([2H])([2H])c1sc2c(c1C([2H])([2H])[2H])B1c3c(cccc3N2c2ccccc2)Oc2oc3c4c(ccc3c21)B1c2sccc2N(c2ccccc2)c2cccc(c21)O4. The van der Waals surface area contributed by atoms with E-state index in [2.05, 4.69) is 40.6 Å². The number of fused-ring (bicyclic) bond motifs is 11. The maximum atomic E-state index is 8.82. The third-order valence-corrected chi connectivity index (χ3v) is 12.6. The molecule has 4 aliphatic heterocycles. The molecule has 240 valence electrons. The van der Waals surface area contributed by atoms with Gasteiger partial charge in [0.15, 0.2) is 11.3 Å². The molecule has 3 aromatic heterocycles. The Balaban J connectivity index is 1.11. The minimum Gasteiger partial charge on any atom is -0.454 e. The average Bonchev–Trinajstić information content (AvgIpc) is 3.95. The van der Waals surface area contributed by atoms with Crippen LogP contribution in [0.2, 0.25) is 0 Å². The number of para-hydroxylation sites is 2. The van der Waals surface area contributed by atoms with Gasteiger partial charge in [-0.15, -0.1) is 11.3 Å². The standard InChI is InChI=1S/C42H26B2N2O3S2/c1-23-24(2)51-41-34(23)44-35-27-19-20-28-39(38(27)49-42(35)48-33-18-10-16-30(37(33)44)46(41)26-13-7-4-8-14-26)47-32-17-9-15-29-36(32)43(28)40-31(21-22-50-40)45(29)25-11-5-3-6-12-25/h3-22H,1-2H3/i1D3,2D3. The topological polar surface area (TPSA) is 38.1 Å². The van der Waals surface area contributed by atoms with Gasteiger partial charge in [0.1, 0.15) is 11.5 Å². The van der Waals surface area contributed by atoms with E-state index in [4.69, 9.17) is 22.1 Å². The fourth-order valence-electron chi connectivity index (χ4n) is 8.62. The first-order chi connectivity index (χ1) is 27.6. The zero-order valence-electron chi connectivity index (χ0n) is 32.6. The van der Waals surface area contributed by atoms with Crippen molar-refractivity contribution in [2.75, 3.05) is 9.80 Å². The molecule has 0 saturated heterocycles. The van der Waals surface area contributed by atoms with Gasteiger partial charge in [-0.25, -0.2) is 0 Å². The van der Waals surface area contributed by atoms with Crippen LogP contribution < -0.4 is 51.4 Å². The van der Waals surface area contributed by atoms with Gasteiger partial charge < -0.3 is 23.7 Å². The van der Waals surface area contributed by atoms with Gasteiger partial charge in [-0.3, -0.25) is 0 Å². The second kappa shape index (κ2) is 10.00. The molecule has 0 aliphatic carbocycles. The molecule has 7 heterocycles. The van der Waals surface area contributed by atoms with Crippen molar-refractivity contribution in [2.45, 2.75) is 13.7 Å². The van der Waals surface area contributed by atoms with E-state index in [1.807, 2.05) is 89.8 Å². The Bertz CT molecular complexity index is 3000. The lowest BCUT2D eigenvalue weighted by Gasteiger charge is -2.38. The molecule has 8 aromatic rings. The molecule has 51 heavy (non-hydrogen) atoms. The molecule has 12 rings (SSSR count). The van der Waals surface area contributed by atoms with Crippen LogP contribution in [-0.4, -0.2) is 13.4 Å². The Morgan fingerprint density at radius 1 is 0.627 bits per heavy atom. The summed E-state index contributed by atoms with van der Waals surface area (Å²) in [6, 6.07) is 38.1. The predicted octanol–water partition coefficient (Wildman–Crippen LogP) is 7.98. The van der Waals surface area contributed by atoms with Crippen LogP contribution in [0.25, 0.3) is 11.0 Å². The number of thiophene rings is 2. The fourth-order valence-corrected chi connectivity index (χ4v) is 10.7. The van der Waals surface area contributed by atoms with Crippen molar-refractivity contribution < 1.29 is 22.1 Å². The average molecular weight is 698 g/mol. The highest BCUT2D eigenvalue weighted by Gasteiger charge is 2.48. The van der Waals surface area contributed by atoms with Gasteiger partial charge in [0, 0.05) is 51.5 Å². The van der Waals surface area contributed by atoms with E-state index in [-0.39, 0.29) is 23.1 Å². The molecular weight excluding hydrogens is 666 g/mol. The summed E-state index contributed by atoms with van der Waals surface area (Å²) in [6.07, 6.45) is 0. The second-order valence-electron chi connectivity index (χ2n) is 13.1. The van der Waals surface area contributed by atoms with Crippen LogP contribution in [0.15, 0.2) is 125 Å². The maximum absolute atomic E-state index is 8.82. The summed E-state index contributed by atoms with van der Waals surface area (Å²) in [7, 11) is 0. The Hall–Kier alpha value is -5.63. The zero-order valence-corrected chi connectivity index (χ0v) is 28.3. The lowest BCUT2D eigenvalue weighted by Crippen LogP contribution is -2.59. The summed E-state index contributed by atoms with van der Waals surface area (Å²) < 4.78 is 73.7. The number of benzene rings is 5. The number of aryl methyl sites for hydroxylation is 1. The molecule has 4 aliphatic rings. The molecule has 5 aromatic carbocycles. The van der Waals surface area contributed by atoms with Crippen LogP contribution in [0.5, 0.6) is 23.2 Å². The van der Waals surface area contributed by atoms with Crippen molar-refractivity contribution in [3.63, 3.8) is 0 Å². The van der Waals surface area contributed by atoms with Gasteiger partial charge in [-0.2, -0.15) is 11.3 Å². The lowest BCUT2D eigenvalue weighted by molar-refractivity contribution is 0.360. The van der Waals surface area contributed by atoms with Crippen molar-refractivity contribution in [1.82, 2.24) is 0 Å². The minimum atomic E-state index is -2.74. The number of rotatable bonds is 2. The Labute approximate surface area is 311 Å². The molecule has 0 amide bonds. The van der Waals surface area contributed by atoms with Crippen molar-refractivity contribution in [3.8, 4) is 23.2 Å². The van der Waals surface area contributed by atoms with Crippen LogP contribution in [0.3, 0.4) is 0 Å². The van der Waals surface area contributed by atoms with Gasteiger partial charge in [0.2, 0.25) is 0 Å². The van der Waals surface area contributed by atoms with Crippen molar-refractivity contribution >= 4 is 113 Å². The number of furan rings is 1. The van der Waals surface area contributed by atoms with Crippen LogP contribution in [0, 0.1) is 13.7 Å². The molecule has 0 spiro atoms. The molecule has 0 N–H and O–H groups in total. The van der Waals surface area contributed by atoms with E-state index in [1.54, 1.807) is 11.3 Å². The molecule has 0 bridgehead atoms. The van der Waals surface area contributed by atoms with Gasteiger partial charge in [0.05, 0.1) is 10.7 Å². The summed E-state index contributed by atoms with van der Waals surface area (Å²) in [6.45, 7) is -6.26. The van der Waals surface area contributed by atoms with Crippen LogP contribution >= 0.6 is 22.7 Å². The van der Waals surface area contributed by atoms with Gasteiger partial charge in [-0.05, 0) is 101 Å². The Morgan fingerprint density at radius 2 is 1.35 bits per heavy atom. The third kappa shape index (κ3) is 3.57. The molecule has 9 heteroatoms. The second-order valence-corrected chi connectivity index (χ2v) is 15.1. The smallest absolute Gasteiger partial charge is 0.286 e. The van der Waals surface area contributed by atoms with Crippen molar-refractivity contribution in [3.05, 3.63) is 131 Å². The number of hydrogen-bond donors (Lipinski definition) is 0. The number of hydrogen-bond acceptors (Lipinski definition) is 7. The third-order valence-electron chi connectivity index (χ3n) is 10.6. The molecule has 0 unspecified atom stereocenters. The van der Waals surface area contributed by atoms with Gasteiger partial charge >= 0.3 is 0 Å². The first-order valence-electron chi connectivity index (χ1n) is 19.7. The largest absolute Gasteiger partial charge is 0.454 e. The van der Waals surface area contributed by atoms with Gasteiger partial charge in [-0.1, -0.05) is 60.7 Å². The highest BCUT2D eigenvalue weighted by molar-refractivity contribution is 7.27. The summed E-state index contributed by atoms with van der Waals surface area (Å²) >= 11 is 2.72. The van der Waals surface area contributed by atoms with E-state index in [0.717, 1.165) is 61.9 Å². The van der Waals surface area contributed by atoms with Crippen molar-refractivity contribution in [2.24, 2.45) is 0 Å². The molecule has 0 saturated carbocycles. The molecular formula is C42H26B2N2O3S2. The fraction of sp³-hybridized carbons (Fsp3) is 0.0476. The van der Waals surface area contributed by atoms with E-state index in [0.29, 0.717) is 38.4 Å². The van der Waals surface area contributed by atoms with E-state index >= 15 is 0 Å². The molecule has 0 fully saturated rings. The normalized spacial score (nSPS) is 16.5. The number of nitrogens with zero attached hydrogens (tertiary/aromatic N) is 2. The van der Waals surface area contributed by atoms with Crippen LogP contribution in [0.4, 0.5) is 33.4 Å². The summed E-state index contributed by atoms with van der Waals surface area (Å²) in [4.78, 5) is 4.11. The van der Waals surface area contributed by atoms with Crippen LogP contribution in [0.1, 0.15) is 18.7 Å². The Morgan fingerprint density at radius 3 is 2.12 bits per heavy atom. The highest BCUT2D eigenvalue weighted by Crippen LogP contribution is 2.47. The summed E-state index contributed by atoms with van der Waals surface area (Å²) in [5.41, 5.74) is 8.93. The predicted molar refractivity (Wildman–Crippen MR) is 213 cm³/mol. The van der Waals surface area contributed by atoms with E-state index < -0.39 is 20.4 Å². The first-order valence-corrected chi connectivity index (χ1v) is 18.4. The van der Waals surface area contributed by atoms with Crippen LogP contribution in [-0.2, 0) is 0 Å². The quantitative estimate of drug-likeness (QED) is 0.171. The summed E-state index contributed by atoms with van der Waals surface area (Å²) in [5, 5.41) is 3.38. The first kappa shape index (κ1) is 23.0.